The molecule has 2 aromatic carbocycles. The first kappa shape index (κ1) is 13.6. The number of benzene rings is 2. The Morgan fingerprint density at radius 1 is 0.947 bits per heavy atom. The quantitative estimate of drug-likeness (QED) is 0.825. The Balaban J connectivity index is 2.06. The predicted molar refractivity (Wildman–Crippen MR) is 83.8 cm³/mol. The van der Waals surface area contributed by atoms with Crippen LogP contribution >= 0.6 is 15.9 Å². The molecule has 0 saturated carbocycles. The molecule has 3 heteroatoms. The van der Waals surface area contributed by atoms with E-state index in [-0.39, 0.29) is 5.91 Å². The van der Waals surface area contributed by atoms with Gasteiger partial charge in [0.25, 0.3) is 0 Å². The number of halogens is 1. The average Bonchev–Trinajstić information content (AvgIpc) is 2.39. The van der Waals surface area contributed by atoms with E-state index < -0.39 is 0 Å². The summed E-state index contributed by atoms with van der Waals surface area (Å²) in [6.45, 7) is 1.50. The first-order valence-electron chi connectivity index (χ1n) is 5.95. The first-order valence-corrected chi connectivity index (χ1v) is 6.74. The Bertz CT molecular complexity index is 585. The Hall–Kier alpha value is -1.87. The third-order valence-corrected chi connectivity index (χ3v) is 3.10. The molecule has 0 fully saturated rings. The van der Waals surface area contributed by atoms with Crippen LogP contribution in [0.15, 0.2) is 53.0 Å². The molecule has 0 aromatic heterocycles. The fourth-order valence-electron chi connectivity index (χ4n) is 1.65. The molecular formula is C16H14BrNO. The molecule has 0 saturated heterocycles. The van der Waals surface area contributed by atoms with E-state index in [1.807, 2.05) is 54.6 Å². The molecular weight excluding hydrogens is 302 g/mol. The van der Waals surface area contributed by atoms with E-state index in [4.69, 9.17) is 0 Å². The number of amides is 1. The SMILES string of the molecule is CC(=O)Nc1ccc(/C=C/c2ccc(Br)cc2)cc1. The fourth-order valence-corrected chi connectivity index (χ4v) is 1.91. The van der Waals surface area contributed by atoms with Gasteiger partial charge in [0.05, 0.1) is 0 Å². The maximum absolute atomic E-state index is 10.9. The predicted octanol–water partition coefficient (Wildman–Crippen LogP) is 4.58. The second kappa shape index (κ2) is 6.34. The highest BCUT2D eigenvalue weighted by molar-refractivity contribution is 9.10. The number of nitrogens with one attached hydrogen (secondary N) is 1. The van der Waals surface area contributed by atoms with Crippen molar-refractivity contribution in [1.82, 2.24) is 0 Å². The van der Waals surface area contributed by atoms with Gasteiger partial charge in [-0.15, -0.1) is 0 Å². The Labute approximate surface area is 121 Å². The van der Waals surface area contributed by atoms with Crippen molar-refractivity contribution in [3.8, 4) is 0 Å². The van der Waals surface area contributed by atoms with Gasteiger partial charge in [0.2, 0.25) is 5.91 Å². The van der Waals surface area contributed by atoms with Crippen molar-refractivity contribution >= 4 is 39.7 Å². The number of hydrogen-bond acceptors (Lipinski definition) is 1. The van der Waals surface area contributed by atoms with E-state index in [0.29, 0.717) is 0 Å². The zero-order valence-electron chi connectivity index (χ0n) is 10.6. The van der Waals surface area contributed by atoms with Crippen LogP contribution in [0.5, 0.6) is 0 Å². The summed E-state index contributed by atoms with van der Waals surface area (Å²) in [5.74, 6) is -0.0573. The molecule has 0 bridgehead atoms. The third kappa shape index (κ3) is 4.38. The zero-order valence-corrected chi connectivity index (χ0v) is 12.1. The lowest BCUT2D eigenvalue weighted by Gasteiger charge is -2.01. The van der Waals surface area contributed by atoms with Gasteiger partial charge in [-0.1, -0.05) is 52.3 Å². The first-order chi connectivity index (χ1) is 9.13. The molecule has 1 amide bonds. The van der Waals surface area contributed by atoms with Gasteiger partial charge in [-0.2, -0.15) is 0 Å². The van der Waals surface area contributed by atoms with Crippen LogP contribution < -0.4 is 5.32 Å². The molecule has 0 heterocycles. The van der Waals surface area contributed by atoms with Gasteiger partial charge in [-0.05, 0) is 35.4 Å². The van der Waals surface area contributed by atoms with Crippen LogP contribution in [0.25, 0.3) is 12.2 Å². The van der Waals surface area contributed by atoms with Crippen molar-refractivity contribution in [1.29, 1.82) is 0 Å². The van der Waals surface area contributed by atoms with E-state index in [0.717, 1.165) is 21.3 Å². The molecule has 96 valence electrons. The van der Waals surface area contributed by atoms with Crippen molar-refractivity contribution in [3.63, 3.8) is 0 Å². The number of carbonyl (C=O) groups is 1. The Morgan fingerprint density at radius 2 is 1.42 bits per heavy atom. The highest BCUT2D eigenvalue weighted by Gasteiger charge is 1.94. The van der Waals surface area contributed by atoms with E-state index in [1.54, 1.807) is 0 Å². The number of hydrogen-bond donors (Lipinski definition) is 1. The van der Waals surface area contributed by atoms with Crippen molar-refractivity contribution in [2.24, 2.45) is 0 Å². The van der Waals surface area contributed by atoms with Gasteiger partial charge in [0.15, 0.2) is 0 Å². The van der Waals surface area contributed by atoms with Gasteiger partial charge >= 0.3 is 0 Å². The van der Waals surface area contributed by atoms with Crippen LogP contribution in [0.3, 0.4) is 0 Å². The molecule has 0 unspecified atom stereocenters. The third-order valence-electron chi connectivity index (χ3n) is 2.57. The minimum Gasteiger partial charge on any atom is -0.326 e. The summed E-state index contributed by atoms with van der Waals surface area (Å²) in [4.78, 5) is 10.9. The van der Waals surface area contributed by atoms with E-state index in [9.17, 15) is 4.79 Å². The summed E-state index contributed by atoms with van der Waals surface area (Å²) >= 11 is 3.41. The smallest absolute Gasteiger partial charge is 0.221 e. The summed E-state index contributed by atoms with van der Waals surface area (Å²) in [5.41, 5.74) is 3.06. The number of anilines is 1. The maximum atomic E-state index is 10.9. The lowest BCUT2D eigenvalue weighted by molar-refractivity contribution is -0.114. The topological polar surface area (TPSA) is 29.1 Å². The van der Waals surface area contributed by atoms with E-state index in [1.165, 1.54) is 6.92 Å². The standard InChI is InChI=1S/C16H14BrNO/c1-12(19)18-16-10-6-14(7-11-16)3-2-13-4-8-15(17)9-5-13/h2-11H,1H3,(H,18,19)/b3-2+. The molecule has 0 spiro atoms. The second-order valence-electron chi connectivity index (χ2n) is 4.19. The van der Waals surface area contributed by atoms with Crippen LogP contribution in [0.1, 0.15) is 18.1 Å². The molecule has 0 aliphatic carbocycles. The molecule has 1 N–H and O–H groups in total. The summed E-state index contributed by atoms with van der Waals surface area (Å²) < 4.78 is 1.07. The molecule has 0 aliphatic heterocycles. The van der Waals surface area contributed by atoms with Gasteiger partial charge < -0.3 is 5.32 Å². The molecule has 0 radical (unpaired) electrons. The summed E-state index contributed by atoms with van der Waals surface area (Å²) in [6.07, 6.45) is 4.10. The lowest BCUT2D eigenvalue weighted by Crippen LogP contribution is -2.05. The van der Waals surface area contributed by atoms with Gasteiger partial charge in [0.1, 0.15) is 0 Å². The van der Waals surface area contributed by atoms with E-state index >= 15 is 0 Å². The molecule has 19 heavy (non-hydrogen) atoms. The minimum atomic E-state index is -0.0573. The Kier molecular flexibility index (Phi) is 4.53. The second-order valence-corrected chi connectivity index (χ2v) is 5.10. The fraction of sp³-hybridized carbons (Fsp3) is 0.0625. The van der Waals surface area contributed by atoms with Crippen LogP contribution in [-0.2, 0) is 4.79 Å². The van der Waals surface area contributed by atoms with Crippen LogP contribution in [0, 0.1) is 0 Å². The lowest BCUT2D eigenvalue weighted by atomic mass is 10.1. The van der Waals surface area contributed by atoms with Gasteiger partial charge in [-0.25, -0.2) is 0 Å². The summed E-state index contributed by atoms with van der Waals surface area (Å²) in [5, 5.41) is 2.74. The van der Waals surface area contributed by atoms with Gasteiger partial charge in [0, 0.05) is 17.1 Å². The number of carbonyl (C=O) groups excluding carboxylic acids is 1. The van der Waals surface area contributed by atoms with Crippen molar-refractivity contribution in [2.45, 2.75) is 6.92 Å². The van der Waals surface area contributed by atoms with Crippen molar-refractivity contribution < 1.29 is 4.79 Å². The molecule has 2 aromatic rings. The average molecular weight is 316 g/mol. The highest BCUT2D eigenvalue weighted by Crippen LogP contribution is 2.15. The number of rotatable bonds is 3. The van der Waals surface area contributed by atoms with Crippen LogP contribution in [0.4, 0.5) is 5.69 Å². The van der Waals surface area contributed by atoms with E-state index in [2.05, 4.69) is 27.3 Å². The maximum Gasteiger partial charge on any atom is 0.221 e. The minimum absolute atomic E-state index is 0.0573. The van der Waals surface area contributed by atoms with Crippen molar-refractivity contribution in [2.75, 3.05) is 5.32 Å². The van der Waals surface area contributed by atoms with Crippen LogP contribution in [0.2, 0.25) is 0 Å². The van der Waals surface area contributed by atoms with Crippen molar-refractivity contribution in [3.05, 3.63) is 64.1 Å². The van der Waals surface area contributed by atoms with Crippen LogP contribution in [-0.4, -0.2) is 5.91 Å². The largest absolute Gasteiger partial charge is 0.326 e. The zero-order chi connectivity index (χ0) is 13.7. The normalized spacial score (nSPS) is 10.6. The Morgan fingerprint density at radius 3 is 1.89 bits per heavy atom. The molecule has 2 rings (SSSR count). The summed E-state index contributed by atoms with van der Waals surface area (Å²) in [6, 6.07) is 15.9. The summed E-state index contributed by atoms with van der Waals surface area (Å²) in [7, 11) is 0. The monoisotopic (exact) mass is 315 g/mol. The molecule has 0 atom stereocenters. The molecule has 0 aliphatic rings. The molecule has 2 nitrogen and oxygen atoms in total. The van der Waals surface area contributed by atoms with Gasteiger partial charge in [-0.3, -0.25) is 4.79 Å². The highest BCUT2D eigenvalue weighted by atomic mass is 79.9.